The lowest BCUT2D eigenvalue weighted by molar-refractivity contribution is 1.17. The number of aromatic amines is 1. The van der Waals surface area contributed by atoms with Crippen molar-refractivity contribution in [3.05, 3.63) is 39.3 Å². The normalized spacial score (nSPS) is 10.7. The zero-order valence-corrected chi connectivity index (χ0v) is 8.56. The van der Waals surface area contributed by atoms with E-state index in [4.69, 9.17) is 23.2 Å². The van der Waals surface area contributed by atoms with Gasteiger partial charge in [-0.2, -0.15) is 0 Å². The Morgan fingerprint density at radius 2 is 2.21 bits per heavy atom. The van der Waals surface area contributed by atoms with Crippen LogP contribution in [-0.2, 0) is 5.88 Å². The highest BCUT2D eigenvalue weighted by Crippen LogP contribution is 2.11. The van der Waals surface area contributed by atoms with Crippen LogP contribution >= 0.6 is 23.2 Å². The highest BCUT2D eigenvalue weighted by molar-refractivity contribution is 6.29. The lowest BCUT2D eigenvalue weighted by Gasteiger charge is -2.00. The van der Waals surface area contributed by atoms with Gasteiger partial charge >= 0.3 is 0 Å². The third-order valence-electron chi connectivity index (χ3n) is 1.85. The van der Waals surface area contributed by atoms with Crippen LogP contribution in [0.3, 0.4) is 0 Å². The Hall–Kier alpha value is -1.06. The molecule has 72 valence electrons. The van der Waals surface area contributed by atoms with Gasteiger partial charge in [-0.1, -0.05) is 11.6 Å². The first-order valence-corrected chi connectivity index (χ1v) is 4.86. The molecule has 0 saturated heterocycles. The zero-order chi connectivity index (χ0) is 10.1. The van der Waals surface area contributed by atoms with Crippen LogP contribution in [0.2, 0.25) is 5.15 Å². The van der Waals surface area contributed by atoms with E-state index >= 15 is 0 Å². The number of hydrogen-bond acceptors (Lipinski definition) is 2. The molecule has 2 aromatic heterocycles. The smallest absolute Gasteiger partial charge is 0.191 e. The number of fused-ring (bicyclic) bond motifs is 1. The molecule has 2 rings (SSSR count). The monoisotopic (exact) mass is 228 g/mol. The van der Waals surface area contributed by atoms with E-state index in [9.17, 15) is 4.79 Å². The van der Waals surface area contributed by atoms with Crippen molar-refractivity contribution < 1.29 is 0 Å². The van der Waals surface area contributed by atoms with E-state index in [0.717, 1.165) is 0 Å². The van der Waals surface area contributed by atoms with Gasteiger partial charge in [-0.25, -0.2) is 4.98 Å². The maximum Gasteiger partial charge on any atom is 0.191 e. The third-order valence-corrected chi connectivity index (χ3v) is 2.35. The molecule has 2 heterocycles. The van der Waals surface area contributed by atoms with Gasteiger partial charge in [0.25, 0.3) is 0 Å². The first kappa shape index (κ1) is 9.49. The summed E-state index contributed by atoms with van der Waals surface area (Å²) in [5, 5.41) is 0.864. The third kappa shape index (κ3) is 1.61. The lowest BCUT2D eigenvalue weighted by Crippen LogP contribution is -2.05. The van der Waals surface area contributed by atoms with Crippen LogP contribution in [0.4, 0.5) is 0 Å². The molecule has 0 aliphatic rings. The molecule has 5 heteroatoms. The fourth-order valence-electron chi connectivity index (χ4n) is 1.23. The Bertz CT molecular complexity index is 536. The van der Waals surface area contributed by atoms with E-state index in [1.54, 1.807) is 12.1 Å². The summed E-state index contributed by atoms with van der Waals surface area (Å²) >= 11 is 11.3. The highest BCUT2D eigenvalue weighted by Gasteiger charge is 2.02. The lowest BCUT2D eigenvalue weighted by atomic mass is 10.2. The van der Waals surface area contributed by atoms with Gasteiger partial charge in [0.1, 0.15) is 10.8 Å². The van der Waals surface area contributed by atoms with Crippen molar-refractivity contribution in [1.29, 1.82) is 0 Å². The van der Waals surface area contributed by atoms with Gasteiger partial charge in [-0.15, -0.1) is 11.6 Å². The second kappa shape index (κ2) is 3.59. The van der Waals surface area contributed by atoms with Crippen molar-refractivity contribution in [3.8, 4) is 0 Å². The minimum absolute atomic E-state index is 0.0985. The van der Waals surface area contributed by atoms with Crippen molar-refractivity contribution in [2.45, 2.75) is 5.88 Å². The number of H-pyrrole nitrogens is 1. The van der Waals surface area contributed by atoms with Crippen LogP contribution < -0.4 is 5.43 Å². The molecule has 14 heavy (non-hydrogen) atoms. The van der Waals surface area contributed by atoms with Crippen LogP contribution in [0, 0.1) is 0 Å². The van der Waals surface area contributed by atoms with Gasteiger partial charge in [0.05, 0.1) is 11.3 Å². The Balaban J connectivity index is 2.84. The van der Waals surface area contributed by atoms with E-state index < -0.39 is 0 Å². The van der Waals surface area contributed by atoms with E-state index in [-0.39, 0.29) is 11.3 Å². The molecule has 0 spiro atoms. The number of alkyl halides is 1. The first-order chi connectivity index (χ1) is 6.70. The topological polar surface area (TPSA) is 45.8 Å². The summed E-state index contributed by atoms with van der Waals surface area (Å²) in [4.78, 5) is 18.4. The molecular formula is C9H6Cl2N2O. The number of rotatable bonds is 1. The molecule has 0 unspecified atom stereocenters. The van der Waals surface area contributed by atoms with Crippen molar-refractivity contribution in [3.63, 3.8) is 0 Å². The van der Waals surface area contributed by atoms with E-state index in [1.165, 1.54) is 6.07 Å². The number of nitrogens with one attached hydrogen (secondary N) is 1. The second-order valence-electron chi connectivity index (χ2n) is 2.82. The maximum atomic E-state index is 11.5. The van der Waals surface area contributed by atoms with Crippen LogP contribution in [0.25, 0.3) is 11.0 Å². The predicted molar refractivity (Wildman–Crippen MR) is 56.9 cm³/mol. The van der Waals surface area contributed by atoms with Crippen LogP contribution in [0.1, 0.15) is 5.69 Å². The molecule has 0 amide bonds. The summed E-state index contributed by atoms with van der Waals surface area (Å²) in [6.07, 6.45) is 0. The SMILES string of the molecule is O=c1cc(CCl)[nH]c2nc(Cl)ccc12. The largest absolute Gasteiger partial charge is 0.342 e. The highest BCUT2D eigenvalue weighted by atomic mass is 35.5. The number of nitrogens with zero attached hydrogens (tertiary/aromatic N) is 1. The molecule has 1 N–H and O–H groups in total. The molecule has 0 atom stereocenters. The fourth-order valence-corrected chi connectivity index (χ4v) is 1.52. The Labute approximate surface area is 89.7 Å². The van der Waals surface area contributed by atoms with Crippen molar-refractivity contribution in [1.82, 2.24) is 9.97 Å². The van der Waals surface area contributed by atoms with Gasteiger partial charge in [-0.05, 0) is 12.1 Å². The minimum atomic E-state index is -0.0985. The van der Waals surface area contributed by atoms with Crippen molar-refractivity contribution in [2.24, 2.45) is 0 Å². The summed E-state index contributed by atoms with van der Waals surface area (Å²) in [5.41, 5.74) is 1.01. The number of pyridine rings is 2. The molecule has 0 fully saturated rings. The summed E-state index contributed by atoms with van der Waals surface area (Å²) < 4.78 is 0. The predicted octanol–water partition coefficient (Wildman–Crippen LogP) is 2.32. The van der Waals surface area contributed by atoms with Crippen LogP contribution in [0.5, 0.6) is 0 Å². The second-order valence-corrected chi connectivity index (χ2v) is 3.48. The summed E-state index contributed by atoms with van der Waals surface area (Å²) in [6, 6.07) is 4.69. The molecule has 0 radical (unpaired) electrons. The molecule has 0 aromatic carbocycles. The van der Waals surface area contributed by atoms with Gasteiger partial charge in [0.15, 0.2) is 5.43 Å². The average Bonchev–Trinajstić information content (AvgIpc) is 2.16. The number of halogens is 2. The molecule has 2 aromatic rings. The van der Waals surface area contributed by atoms with Crippen molar-refractivity contribution in [2.75, 3.05) is 0 Å². The Morgan fingerprint density at radius 3 is 2.93 bits per heavy atom. The average molecular weight is 229 g/mol. The first-order valence-electron chi connectivity index (χ1n) is 3.95. The molecule has 0 saturated carbocycles. The van der Waals surface area contributed by atoms with E-state index in [1.807, 2.05) is 0 Å². The zero-order valence-electron chi connectivity index (χ0n) is 7.05. The van der Waals surface area contributed by atoms with Crippen LogP contribution in [0.15, 0.2) is 23.0 Å². The summed E-state index contributed by atoms with van der Waals surface area (Å²) in [5.74, 6) is 0.249. The van der Waals surface area contributed by atoms with Gasteiger partial charge in [0.2, 0.25) is 0 Å². The molecule has 0 bridgehead atoms. The molecule has 3 nitrogen and oxygen atoms in total. The summed E-state index contributed by atoms with van der Waals surface area (Å²) in [6.45, 7) is 0. The fraction of sp³-hybridized carbons (Fsp3) is 0.111. The minimum Gasteiger partial charge on any atom is -0.342 e. The van der Waals surface area contributed by atoms with Gasteiger partial charge in [0, 0.05) is 11.8 Å². The van der Waals surface area contributed by atoms with Crippen LogP contribution in [-0.4, -0.2) is 9.97 Å². The Kier molecular flexibility index (Phi) is 2.44. The van der Waals surface area contributed by atoms with E-state index in [0.29, 0.717) is 21.9 Å². The number of hydrogen-bond donors (Lipinski definition) is 1. The molecular weight excluding hydrogens is 223 g/mol. The molecule has 0 aliphatic heterocycles. The van der Waals surface area contributed by atoms with Crippen molar-refractivity contribution >= 4 is 34.2 Å². The quantitative estimate of drug-likeness (QED) is 0.602. The Morgan fingerprint density at radius 1 is 1.43 bits per heavy atom. The standard InChI is InChI=1S/C9H6Cl2N2O/c10-4-5-3-7(14)6-1-2-8(11)13-9(6)12-5/h1-3H,4H2,(H,12,13,14). The van der Waals surface area contributed by atoms with Gasteiger partial charge < -0.3 is 4.98 Å². The number of aromatic nitrogens is 2. The summed E-state index contributed by atoms with van der Waals surface area (Å²) in [7, 11) is 0. The van der Waals surface area contributed by atoms with E-state index in [2.05, 4.69) is 9.97 Å². The molecule has 0 aliphatic carbocycles. The van der Waals surface area contributed by atoms with Gasteiger partial charge in [-0.3, -0.25) is 4.79 Å². The maximum absolute atomic E-state index is 11.5.